The number of aromatic amines is 1. The van der Waals surface area contributed by atoms with E-state index in [1.807, 2.05) is 12.1 Å². The normalized spacial score (nSPS) is 11.0. The van der Waals surface area contributed by atoms with Gasteiger partial charge in [-0.2, -0.15) is 0 Å². The number of carbonyl (C=O) groups is 1. The van der Waals surface area contributed by atoms with Crippen molar-refractivity contribution < 1.29 is 9.53 Å². The predicted octanol–water partition coefficient (Wildman–Crippen LogP) is 3.02. The van der Waals surface area contributed by atoms with Gasteiger partial charge in [0.05, 0.1) is 10.9 Å². The molecule has 0 aliphatic heterocycles. The summed E-state index contributed by atoms with van der Waals surface area (Å²) in [5.74, 6) is 0.567. The molecule has 23 heavy (non-hydrogen) atoms. The maximum absolute atomic E-state index is 12.0. The van der Waals surface area contributed by atoms with Crippen molar-refractivity contribution in [1.29, 1.82) is 0 Å². The fourth-order valence-corrected chi connectivity index (χ4v) is 2.21. The summed E-state index contributed by atoms with van der Waals surface area (Å²) in [5, 5.41) is 0.557. The van der Waals surface area contributed by atoms with Crippen LogP contribution in [0.2, 0.25) is 0 Å². The van der Waals surface area contributed by atoms with Gasteiger partial charge in [0.1, 0.15) is 11.6 Å². The average Bonchev–Trinajstić information content (AvgIpc) is 2.53. The lowest BCUT2D eigenvalue weighted by Crippen LogP contribution is -2.09. The number of aromatic nitrogens is 2. The quantitative estimate of drug-likeness (QED) is 0.596. The van der Waals surface area contributed by atoms with Crippen molar-refractivity contribution in [3.63, 3.8) is 0 Å². The largest absolute Gasteiger partial charge is 0.427 e. The summed E-state index contributed by atoms with van der Waals surface area (Å²) < 4.78 is 5.04. The number of esters is 1. The van der Waals surface area contributed by atoms with Gasteiger partial charge in [-0.05, 0) is 35.9 Å². The summed E-state index contributed by atoms with van der Waals surface area (Å²) in [6.07, 6.45) is 3.50. The Labute approximate surface area is 132 Å². The molecule has 0 atom stereocenters. The number of benzene rings is 2. The Bertz CT molecular complexity index is 958. The molecule has 0 aliphatic carbocycles. The first-order valence-electron chi connectivity index (χ1n) is 7.07. The first-order valence-corrected chi connectivity index (χ1v) is 7.07. The molecule has 114 valence electrons. The molecule has 0 amide bonds. The van der Waals surface area contributed by atoms with Gasteiger partial charge in [-0.15, -0.1) is 0 Å². The lowest BCUT2D eigenvalue weighted by molar-refractivity contribution is -0.131. The van der Waals surface area contributed by atoms with E-state index in [0.29, 0.717) is 22.5 Å². The minimum absolute atomic E-state index is 0.177. The molecular weight excluding hydrogens is 292 g/mol. The summed E-state index contributed by atoms with van der Waals surface area (Å²) >= 11 is 0. The third kappa shape index (κ3) is 3.52. The zero-order chi connectivity index (χ0) is 16.2. The van der Waals surface area contributed by atoms with E-state index in [1.165, 1.54) is 6.92 Å². The van der Waals surface area contributed by atoms with E-state index in [1.54, 1.807) is 48.6 Å². The van der Waals surface area contributed by atoms with Gasteiger partial charge in [-0.25, -0.2) is 4.98 Å². The Morgan fingerprint density at radius 3 is 2.78 bits per heavy atom. The Kier molecular flexibility index (Phi) is 4.01. The number of hydrogen-bond acceptors (Lipinski definition) is 4. The van der Waals surface area contributed by atoms with Gasteiger partial charge in [0.2, 0.25) is 0 Å². The molecule has 0 saturated carbocycles. The maximum atomic E-state index is 12.0. The molecule has 0 radical (unpaired) electrons. The number of para-hydroxylation sites is 1. The van der Waals surface area contributed by atoms with Gasteiger partial charge in [-0.1, -0.05) is 30.3 Å². The van der Waals surface area contributed by atoms with Crippen LogP contribution in [0.3, 0.4) is 0 Å². The highest BCUT2D eigenvalue weighted by Crippen LogP contribution is 2.15. The van der Waals surface area contributed by atoms with Crippen LogP contribution in [0.15, 0.2) is 53.3 Å². The van der Waals surface area contributed by atoms with Crippen molar-refractivity contribution in [2.45, 2.75) is 6.92 Å². The number of nitrogens with one attached hydrogen (secondary N) is 1. The van der Waals surface area contributed by atoms with E-state index >= 15 is 0 Å². The number of H-pyrrole nitrogens is 1. The lowest BCUT2D eigenvalue weighted by Gasteiger charge is -2.02. The molecule has 5 nitrogen and oxygen atoms in total. The van der Waals surface area contributed by atoms with Crippen molar-refractivity contribution in [2.24, 2.45) is 0 Å². The van der Waals surface area contributed by atoms with Crippen molar-refractivity contribution in [2.75, 3.05) is 0 Å². The first kappa shape index (κ1) is 14.7. The smallest absolute Gasteiger partial charge is 0.308 e. The zero-order valence-corrected chi connectivity index (χ0v) is 12.4. The van der Waals surface area contributed by atoms with Gasteiger partial charge < -0.3 is 9.72 Å². The second-order valence-electron chi connectivity index (χ2n) is 4.97. The number of hydrogen-bond donors (Lipinski definition) is 1. The Hall–Kier alpha value is -3.21. The molecule has 3 aromatic rings. The standard InChI is InChI=1S/C18H14N2O3/c1-12(21)23-14-6-4-5-13(11-14)9-10-17-19-16-8-3-2-7-15(16)18(22)20-17/h2-11H,1H3,(H,19,20,22)/b10-9+. The Balaban J connectivity index is 1.91. The maximum Gasteiger partial charge on any atom is 0.308 e. The molecule has 2 aromatic carbocycles. The van der Waals surface area contributed by atoms with Crippen LogP contribution in [0.1, 0.15) is 18.3 Å². The summed E-state index contributed by atoms with van der Waals surface area (Å²) in [5.41, 5.74) is 1.30. The average molecular weight is 306 g/mol. The highest BCUT2D eigenvalue weighted by Gasteiger charge is 2.01. The molecule has 5 heteroatoms. The molecule has 3 rings (SSSR count). The topological polar surface area (TPSA) is 72.0 Å². The van der Waals surface area contributed by atoms with Gasteiger partial charge in [0.25, 0.3) is 5.56 Å². The number of nitrogens with zero attached hydrogens (tertiary/aromatic N) is 1. The van der Waals surface area contributed by atoms with Crippen LogP contribution < -0.4 is 10.3 Å². The van der Waals surface area contributed by atoms with Gasteiger partial charge in [0, 0.05) is 6.92 Å². The predicted molar refractivity (Wildman–Crippen MR) is 89.0 cm³/mol. The SMILES string of the molecule is CC(=O)Oc1cccc(/C=C/c2nc3ccccc3c(=O)[nH]2)c1. The van der Waals surface area contributed by atoms with Crippen molar-refractivity contribution in [3.05, 3.63) is 70.3 Å². The molecule has 1 N–H and O–H groups in total. The third-order valence-corrected chi connectivity index (χ3v) is 3.18. The van der Waals surface area contributed by atoms with Crippen molar-refractivity contribution in [3.8, 4) is 5.75 Å². The number of rotatable bonds is 3. The van der Waals surface area contributed by atoms with Crippen LogP contribution in [-0.4, -0.2) is 15.9 Å². The summed E-state index contributed by atoms with van der Waals surface area (Å²) in [7, 11) is 0. The van der Waals surface area contributed by atoms with E-state index in [-0.39, 0.29) is 11.5 Å². The van der Waals surface area contributed by atoms with Crippen molar-refractivity contribution >= 4 is 29.0 Å². The van der Waals surface area contributed by atoms with Gasteiger partial charge >= 0.3 is 5.97 Å². The van der Waals surface area contributed by atoms with E-state index in [9.17, 15) is 9.59 Å². The lowest BCUT2D eigenvalue weighted by atomic mass is 10.2. The second kappa shape index (κ2) is 6.27. The fraction of sp³-hybridized carbons (Fsp3) is 0.0556. The van der Waals surface area contributed by atoms with Gasteiger partial charge in [0.15, 0.2) is 0 Å². The summed E-state index contributed by atoms with van der Waals surface area (Å²) in [4.78, 5) is 30.1. The summed E-state index contributed by atoms with van der Waals surface area (Å²) in [6, 6.07) is 14.3. The van der Waals surface area contributed by atoms with Crippen LogP contribution in [0.4, 0.5) is 0 Å². The minimum Gasteiger partial charge on any atom is -0.427 e. The molecule has 0 unspecified atom stereocenters. The molecular formula is C18H14N2O3. The molecule has 0 bridgehead atoms. The second-order valence-corrected chi connectivity index (χ2v) is 4.97. The monoisotopic (exact) mass is 306 g/mol. The summed E-state index contributed by atoms with van der Waals surface area (Å²) in [6.45, 7) is 1.35. The number of carbonyl (C=O) groups excluding carboxylic acids is 1. The number of fused-ring (bicyclic) bond motifs is 1. The Morgan fingerprint density at radius 1 is 1.13 bits per heavy atom. The van der Waals surface area contributed by atoms with E-state index in [2.05, 4.69) is 9.97 Å². The minimum atomic E-state index is -0.369. The zero-order valence-electron chi connectivity index (χ0n) is 12.4. The molecule has 1 heterocycles. The van der Waals surface area contributed by atoms with E-state index in [0.717, 1.165) is 5.56 Å². The van der Waals surface area contributed by atoms with Crippen LogP contribution >= 0.6 is 0 Å². The first-order chi connectivity index (χ1) is 11.1. The highest BCUT2D eigenvalue weighted by atomic mass is 16.5. The van der Waals surface area contributed by atoms with Crippen LogP contribution in [0.25, 0.3) is 23.1 Å². The third-order valence-electron chi connectivity index (χ3n) is 3.18. The van der Waals surface area contributed by atoms with Crippen LogP contribution in [0, 0.1) is 0 Å². The van der Waals surface area contributed by atoms with E-state index in [4.69, 9.17) is 4.74 Å². The molecule has 0 aliphatic rings. The van der Waals surface area contributed by atoms with Crippen molar-refractivity contribution in [1.82, 2.24) is 9.97 Å². The van der Waals surface area contributed by atoms with Gasteiger partial charge in [-0.3, -0.25) is 9.59 Å². The molecule has 0 spiro atoms. The molecule has 0 fully saturated rings. The van der Waals surface area contributed by atoms with Crippen LogP contribution in [0.5, 0.6) is 5.75 Å². The molecule has 1 aromatic heterocycles. The van der Waals surface area contributed by atoms with Crippen LogP contribution in [-0.2, 0) is 4.79 Å². The highest BCUT2D eigenvalue weighted by molar-refractivity contribution is 5.79. The molecule has 0 saturated heterocycles. The number of ether oxygens (including phenoxy) is 1. The Morgan fingerprint density at radius 2 is 1.96 bits per heavy atom. The fourth-order valence-electron chi connectivity index (χ4n) is 2.21. The van der Waals surface area contributed by atoms with E-state index < -0.39 is 0 Å².